The van der Waals surface area contributed by atoms with Crippen LogP contribution in [0.25, 0.3) is 0 Å². The molecule has 1 aromatic rings. The van der Waals surface area contributed by atoms with E-state index in [0.717, 1.165) is 45.4 Å². The van der Waals surface area contributed by atoms with Crippen molar-refractivity contribution >= 4 is 0 Å². The topological polar surface area (TPSA) is 41.9 Å². The Labute approximate surface area is 138 Å². The highest BCUT2D eigenvalue weighted by atomic mass is 16.7. The Bertz CT molecular complexity index is 527. The molecule has 4 rings (SSSR count). The maximum atomic E-state index is 10.3. The van der Waals surface area contributed by atoms with Gasteiger partial charge in [-0.3, -0.25) is 4.90 Å². The standard InChI is InChI=1S/C19H27NO3/c1-14(21)17-11-16-7-8-19(22-9-10-23-19)12-18(16)20(17)13-15-5-3-2-4-6-15/h2-6,14,16-18,21H,7-13H2,1H3/t14-,16+,17+,18+/m1/s1. The van der Waals surface area contributed by atoms with Gasteiger partial charge in [-0.05, 0) is 31.2 Å². The van der Waals surface area contributed by atoms with Gasteiger partial charge in [0.1, 0.15) is 0 Å². The molecule has 2 heterocycles. The summed E-state index contributed by atoms with van der Waals surface area (Å²) in [4.78, 5) is 2.51. The summed E-state index contributed by atoms with van der Waals surface area (Å²) < 4.78 is 11.9. The first-order chi connectivity index (χ1) is 11.2. The number of fused-ring (bicyclic) bond motifs is 1. The Hall–Kier alpha value is -0.940. The molecule has 4 heteroatoms. The summed E-state index contributed by atoms with van der Waals surface area (Å²) in [5.41, 5.74) is 1.31. The number of hydrogen-bond donors (Lipinski definition) is 1. The second kappa shape index (κ2) is 6.17. The summed E-state index contributed by atoms with van der Waals surface area (Å²) in [7, 11) is 0. The van der Waals surface area contributed by atoms with E-state index in [0.29, 0.717) is 12.0 Å². The molecule has 4 nitrogen and oxygen atoms in total. The van der Waals surface area contributed by atoms with E-state index >= 15 is 0 Å². The molecule has 0 bridgehead atoms. The third kappa shape index (κ3) is 2.93. The number of hydrogen-bond acceptors (Lipinski definition) is 4. The summed E-state index contributed by atoms with van der Waals surface area (Å²) in [5, 5.41) is 10.3. The van der Waals surface area contributed by atoms with Crippen molar-refractivity contribution in [2.24, 2.45) is 5.92 Å². The van der Waals surface area contributed by atoms with Gasteiger partial charge < -0.3 is 14.6 Å². The van der Waals surface area contributed by atoms with Crippen LogP contribution in [0.3, 0.4) is 0 Å². The Morgan fingerprint density at radius 2 is 2.00 bits per heavy atom. The van der Waals surface area contributed by atoms with E-state index in [4.69, 9.17) is 9.47 Å². The zero-order chi connectivity index (χ0) is 15.9. The van der Waals surface area contributed by atoms with Crippen molar-refractivity contribution in [1.29, 1.82) is 0 Å². The number of likely N-dealkylation sites (tertiary alicyclic amines) is 1. The van der Waals surface area contributed by atoms with Crippen molar-refractivity contribution in [3.8, 4) is 0 Å². The zero-order valence-electron chi connectivity index (χ0n) is 13.9. The number of ether oxygens (including phenoxy) is 2. The van der Waals surface area contributed by atoms with E-state index in [-0.39, 0.29) is 17.9 Å². The lowest BCUT2D eigenvalue weighted by Gasteiger charge is -2.42. The van der Waals surface area contributed by atoms with Gasteiger partial charge in [-0.1, -0.05) is 30.3 Å². The van der Waals surface area contributed by atoms with Gasteiger partial charge in [0.15, 0.2) is 5.79 Å². The van der Waals surface area contributed by atoms with Crippen LogP contribution in [-0.4, -0.2) is 47.2 Å². The number of aliphatic hydroxyl groups is 1. The largest absolute Gasteiger partial charge is 0.392 e. The van der Waals surface area contributed by atoms with Crippen LogP contribution in [-0.2, 0) is 16.0 Å². The Morgan fingerprint density at radius 3 is 2.70 bits per heavy atom. The van der Waals surface area contributed by atoms with Crippen molar-refractivity contribution in [2.45, 2.75) is 63.1 Å². The van der Waals surface area contributed by atoms with Crippen molar-refractivity contribution in [2.75, 3.05) is 13.2 Å². The summed E-state index contributed by atoms with van der Waals surface area (Å²) in [6.45, 7) is 4.26. The van der Waals surface area contributed by atoms with Gasteiger partial charge in [0.2, 0.25) is 0 Å². The van der Waals surface area contributed by atoms with E-state index in [1.165, 1.54) is 5.56 Å². The fourth-order valence-corrected chi connectivity index (χ4v) is 4.80. The Morgan fingerprint density at radius 1 is 1.26 bits per heavy atom. The molecule has 4 atom stereocenters. The van der Waals surface area contributed by atoms with E-state index in [1.54, 1.807) is 0 Å². The molecule has 1 saturated carbocycles. The van der Waals surface area contributed by atoms with Crippen LogP contribution in [0.5, 0.6) is 0 Å². The summed E-state index contributed by atoms with van der Waals surface area (Å²) >= 11 is 0. The van der Waals surface area contributed by atoms with Gasteiger partial charge in [0, 0.05) is 31.5 Å². The van der Waals surface area contributed by atoms with Crippen LogP contribution in [0.2, 0.25) is 0 Å². The van der Waals surface area contributed by atoms with E-state index in [9.17, 15) is 5.11 Å². The highest BCUT2D eigenvalue weighted by Gasteiger charge is 2.52. The number of nitrogens with zero attached hydrogens (tertiary/aromatic N) is 1. The van der Waals surface area contributed by atoms with Crippen molar-refractivity contribution in [3.05, 3.63) is 35.9 Å². The van der Waals surface area contributed by atoms with Gasteiger partial charge in [0.25, 0.3) is 0 Å². The van der Waals surface area contributed by atoms with Gasteiger partial charge >= 0.3 is 0 Å². The number of benzene rings is 1. The quantitative estimate of drug-likeness (QED) is 0.930. The fraction of sp³-hybridized carbons (Fsp3) is 0.684. The highest BCUT2D eigenvalue weighted by molar-refractivity contribution is 5.16. The Balaban J connectivity index is 1.57. The molecular weight excluding hydrogens is 290 g/mol. The first kappa shape index (κ1) is 15.6. The van der Waals surface area contributed by atoms with Crippen LogP contribution in [0.15, 0.2) is 30.3 Å². The van der Waals surface area contributed by atoms with E-state index in [2.05, 4.69) is 35.2 Å². The predicted octanol–water partition coefficient (Wildman–Crippen LogP) is 2.55. The molecule has 0 aromatic heterocycles. The van der Waals surface area contributed by atoms with Gasteiger partial charge in [-0.25, -0.2) is 0 Å². The molecule has 3 aliphatic rings. The zero-order valence-corrected chi connectivity index (χ0v) is 13.9. The van der Waals surface area contributed by atoms with Crippen LogP contribution in [0, 0.1) is 5.92 Å². The smallest absolute Gasteiger partial charge is 0.170 e. The molecule has 2 aliphatic heterocycles. The highest BCUT2D eigenvalue weighted by Crippen LogP contribution is 2.47. The maximum Gasteiger partial charge on any atom is 0.170 e. The molecule has 1 aliphatic carbocycles. The van der Waals surface area contributed by atoms with E-state index in [1.807, 2.05) is 6.92 Å². The van der Waals surface area contributed by atoms with E-state index < -0.39 is 0 Å². The normalized spacial score (nSPS) is 34.6. The first-order valence-electron chi connectivity index (χ1n) is 8.92. The molecule has 126 valence electrons. The average Bonchev–Trinajstić information content (AvgIpc) is 3.14. The van der Waals surface area contributed by atoms with Crippen LogP contribution in [0.1, 0.15) is 38.2 Å². The predicted molar refractivity (Wildman–Crippen MR) is 87.8 cm³/mol. The summed E-state index contributed by atoms with van der Waals surface area (Å²) in [5.74, 6) is 0.292. The van der Waals surface area contributed by atoms with Crippen LogP contribution in [0.4, 0.5) is 0 Å². The third-order valence-electron chi connectivity index (χ3n) is 5.93. The molecule has 2 saturated heterocycles. The fourth-order valence-electron chi connectivity index (χ4n) is 4.80. The molecule has 1 spiro atoms. The molecule has 3 fully saturated rings. The monoisotopic (exact) mass is 317 g/mol. The molecule has 0 radical (unpaired) electrons. The SMILES string of the molecule is C[C@@H](O)[C@@H]1C[C@@H]2CCC3(C[C@@H]2N1Cc1ccccc1)OCCO3. The van der Waals surface area contributed by atoms with Crippen LogP contribution < -0.4 is 0 Å². The summed E-state index contributed by atoms with van der Waals surface area (Å²) in [6, 6.07) is 11.3. The molecule has 0 amide bonds. The number of rotatable bonds is 3. The molecule has 1 N–H and O–H groups in total. The maximum absolute atomic E-state index is 10.3. The lowest BCUT2D eigenvalue weighted by atomic mass is 9.81. The Kier molecular flexibility index (Phi) is 4.18. The van der Waals surface area contributed by atoms with Crippen molar-refractivity contribution in [3.63, 3.8) is 0 Å². The van der Waals surface area contributed by atoms with Gasteiger partial charge in [-0.2, -0.15) is 0 Å². The van der Waals surface area contributed by atoms with Crippen LogP contribution >= 0.6 is 0 Å². The first-order valence-corrected chi connectivity index (χ1v) is 8.92. The van der Waals surface area contributed by atoms with Gasteiger partial charge in [0.05, 0.1) is 19.3 Å². The lowest BCUT2D eigenvalue weighted by molar-refractivity contribution is -0.193. The minimum Gasteiger partial charge on any atom is -0.392 e. The summed E-state index contributed by atoms with van der Waals surface area (Å²) in [6.07, 6.45) is 3.86. The van der Waals surface area contributed by atoms with Crippen molar-refractivity contribution < 1.29 is 14.6 Å². The number of aliphatic hydroxyl groups excluding tert-OH is 1. The van der Waals surface area contributed by atoms with Crippen molar-refractivity contribution in [1.82, 2.24) is 4.90 Å². The minimum absolute atomic E-state index is 0.238. The molecule has 23 heavy (non-hydrogen) atoms. The third-order valence-corrected chi connectivity index (χ3v) is 5.93. The average molecular weight is 317 g/mol. The lowest BCUT2D eigenvalue weighted by Crippen LogP contribution is -2.48. The minimum atomic E-state index is -0.357. The molecule has 0 unspecified atom stereocenters. The van der Waals surface area contributed by atoms with Gasteiger partial charge in [-0.15, -0.1) is 0 Å². The second-order valence-electron chi connectivity index (χ2n) is 7.38. The molecule has 1 aromatic carbocycles. The molecular formula is C19H27NO3. The second-order valence-corrected chi connectivity index (χ2v) is 7.38.